The Morgan fingerprint density at radius 1 is 1.17 bits per heavy atom. The first kappa shape index (κ1) is 23.7. The lowest BCUT2D eigenvalue weighted by Gasteiger charge is -2.30. The summed E-state index contributed by atoms with van der Waals surface area (Å²) in [5.41, 5.74) is 4.58. The van der Waals surface area contributed by atoms with Gasteiger partial charge in [0.1, 0.15) is 24.1 Å². The normalized spacial score (nSPS) is 15.5. The smallest absolute Gasteiger partial charge is 0.223 e. The van der Waals surface area contributed by atoms with Gasteiger partial charge in [0.2, 0.25) is 5.95 Å². The van der Waals surface area contributed by atoms with Gasteiger partial charge in [0.15, 0.2) is 0 Å². The number of halogens is 1. The summed E-state index contributed by atoms with van der Waals surface area (Å²) in [6.45, 7) is 3.65. The summed E-state index contributed by atoms with van der Waals surface area (Å²) in [7, 11) is 2.16. The topological polar surface area (TPSA) is 94.2 Å². The van der Waals surface area contributed by atoms with Crippen LogP contribution in [0.2, 0.25) is 0 Å². The van der Waals surface area contributed by atoms with E-state index in [0.29, 0.717) is 40.2 Å². The van der Waals surface area contributed by atoms with Gasteiger partial charge in [-0.15, -0.1) is 0 Å². The number of aromatic nitrogens is 4. The standard InChI is InChI=1S/C27H29FN8/c1-18(19-5-3-7-23(13-19)33-22-8-11-35(2)12-9-22)32-27-31-16-21(15-29)25(34-27)24-17-30-26-20(14-28)6-4-10-36(24)26/h3-7,10,13,16-18,22,33H,8-9,11-12,14H2,1-2H3,(H,31,32,34)/t18-/m0/s1. The van der Waals surface area contributed by atoms with Crippen molar-refractivity contribution in [1.82, 2.24) is 24.3 Å². The number of anilines is 2. The molecule has 2 N–H and O–H groups in total. The zero-order valence-electron chi connectivity index (χ0n) is 20.4. The average Bonchev–Trinajstić information content (AvgIpc) is 3.34. The van der Waals surface area contributed by atoms with Crippen molar-refractivity contribution in [3.63, 3.8) is 0 Å². The molecule has 0 saturated carbocycles. The minimum Gasteiger partial charge on any atom is -0.382 e. The maximum Gasteiger partial charge on any atom is 0.223 e. The van der Waals surface area contributed by atoms with Gasteiger partial charge in [0.25, 0.3) is 0 Å². The molecule has 5 rings (SSSR count). The Morgan fingerprint density at radius 2 is 2.00 bits per heavy atom. The lowest BCUT2D eigenvalue weighted by molar-refractivity contribution is 0.264. The Morgan fingerprint density at radius 3 is 2.78 bits per heavy atom. The van der Waals surface area contributed by atoms with Crippen molar-refractivity contribution in [2.75, 3.05) is 30.8 Å². The van der Waals surface area contributed by atoms with Crippen LogP contribution >= 0.6 is 0 Å². The largest absolute Gasteiger partial charge is 0.382 e. The van der Waals surface area contributed by atoms with Gasteiger partial charge in [-0.3, -0.25) is 4.40 Å². The Balaban J connectivity index is 1.37. The minimum absolute atomic E-state index is 0.0645. The van der Waals surface area contributed by atoms with Crippen LogP contribution in [0.5, 0.6) is 0 Å². The Bertz CT molecular complexity index is 1400. The summed E-state index contributed by atoms with van der Waals surface area (Å²) >= 11 is 0. The third-order valence-corrected chi connectivity index (χ3v) is 6.73. The molecule has 0 unspecified atom stereocenters. The maximum atomic E-state index is 13.4. The molecule has 0 spiro atoms. The monoisotopic (exact) mass is 484 g/mol. The molecule has 1 atom stereocenters. The van der Waals surface area contributed by atoms with E-state index in [4.69, 9.17) is 0 Å². The van der Waals surface area contributed by atoms with Crippen LogP contribution in [0.15, 0.2) is 55.0 Å². The van der Waals surface area contributed by atoms with Gasteiger partial charge in [-0.05, 0) is 63.7 Å². The highest BCUT2D eigenvalue weighted by atomic mass is 19.1. The molecule has 1 aromatic carbocycles. The van der Waals surface area contributed by atoms with Crippen molar-refractivity contribution in [1.29, 1.82) is 5.26 Å². The van der Waals surface area contributed by atoms with Gasteiger partial charge in [-0.1, -0.05) is 18.2 Å². The molecule has 0 bridgehead atoms. The molecule has 184 valence electrons. The maximum absolute atomic E-state index is 13.4. The van der Waals surface area contributed by atoms with Crippen LogP contribution in [0.4, 0.5) is 16.0 Å². The van der Waals surface area contributed by atoms with Crippen molar-refractivity contribution in [3.8, 4) is 17.5 Å². The van der Waals surface area contributed by atoms with Crippen molar-refractivity contribution < 1.29 is 4.39 Å². The van der Waals surface area contributed by atoms with E-state index >= 15 is 0 Å². The van der Waals surface area contributed by atoms with E-state index in [1.54, 1.807) is 28.9 Å². The highest BCUT2D eigenvalue weighted by Gasteiger charge is 2.18. The van der Waals surface area contributed by atoms with E-state index in [0.717, 1.165) is 37.2 Å². The second-order valence-electron chi connectivity index (χ2n) is 9.29. The van der Waals surface area contributed by atoms with E-state index in [9.17, 15) is 9.65 Å². The van der Waals surface area contributed by atoms with E-state index in [1.165, 1.54) is 6.20 Å². The molecule has 36 heavy (non-hydrogen) atoms. The van der Waals surface area contributed by atoms with Crippen molar-refractivity contribution >= 4 is 17.3 Å². The Hall–Kier alpha value is -4.03. The zero-order chi connectivity index (χ0) is 25.1. The fourth-order valence-corrected chi connectivity index (χ4v) is 4.64. The fourth-order valence-electron chi connectivity index (χ4n) is 4.64. The number of likely N-dealkylation sites (tertiary alicyclic amines) is 1. The van der Waals surface area contributed by atoms with Crippen LogP contribution in [0.3, 0.4) is 0 Å². The molecule has 0 radical (unpaired) electrons. The van der Waals surface area contributed by atoms with Gasteiger partial charge in [0, 0.05) is 23.5 Å². The number of hydrogen-bond donors (Lipinski definition) is 2. The van der Waals surface area contributed by atoms with Gasteiger partial charge < -0.3 is 15.5 Å². The second-order valence-corrected chi connectivity index (χ2v) is 9.29. The number of hydrogen-bond acceptors (Lipinski definition) is 7. The first-order chi connectivity index (χ1) is 17.6. The molecule has 3 aromatic heterocycles. The molecule has 9 heteroatoms. The molecule has 1 saturated heterocycles. The van der Waals surface area contributed by atoms with Crippen LogP contribution in [-0.4, -0.2) is 50.4 Å². The molecular weight excluding hydrogens is 455 g/mol. The van der Waals surface area contributed by atoms with Crippen LogP contribution < -0.4 is 10.6 Å². The van der Waals surface area contributed by atoms with E-state index in [1.807, 2.05) is 0 Å². The van der Waals surface area contributed by atoms with Crippen molar-refractivity contribution in [3.05, 3.63) is 71.7 Å². The average molecular weight is 485 g/mol. The lowest BCUT2D eigenvalue weighted by atomic mass is 10.0. The first-order valence-corrected chi connectivity index (χ1v) is 12.2. The van der Waals surface area contributed by atoms with Gasteiger partial charge in [-0.25, -0.2) is 19.3 Å². The van der Waals surface area contributed by atoms with Crippen LogP contribution in [0.1, 0.15) is 42.5 Å². The number of imidazole rings is 1. The number of pyridine rings is 1. The molecule has 8 nitrogen and oxygen atoms in total. The molecule has 0 aliphatic carbocycles. The van der Waals surface area contributed by atoms with E-state index in [2.05, 4.69) is 74.8 Å². The molecule has 4 aromatic rings. The first-order valence-electron chi connectivity index (χ1n) is 12.2. The Labute approximate surface area is 209 Å². The molecule has 1 fully saturated rings. The van der Waals surface area contributed by atoms with Crippen LogP contribution in [0, 0.1) is 11.3 Å². The minimum atomic E-state index is -0.619. The predicted molar refractivity (Wildman–Crippen MR) is 138 cm³/mol. The van der Waals surface area contributed by atoms with Crippen LogP contribution in [-0.2, 0) is 6.67 Å². The van der Waals surface area contributed by atoms with Crippen molar-refractivity contribution in [2.24, 2.45) is 0 Å². The van der Waals surface area contributed by atoms with Gasteiger partial charge in [-0.2, -0.15) is 5.26 Å². The highest BCUT2D eigenvalue weighted by molar-refractivity contribution is 5.68. The highest BCUT2D eigenvalue weighted by Crippen LogP contribution is 2.27. The number of rotatable bonds is 7. The third kappa shape index (κ3) is 4.86. The summed E-state index contributed by atoms with van der Waals surface area (Å²) in [5.74, 6) is 0.404. The summed E-state index contributed by atoms with van der Waals surface area (Å²) in [4.78, 5) is 15.8. The zero-order valence-corrected chi connectivity index (χ0v) is 20.4. The molecule has 1 aliphatic heterocycles. The SMILES string of the molecule is C[C@H](Nc1ncc(C#N)c(-c2cnc3c(CF)cccn23)n1)c1cccc(NC2CCN(C)CC2)c1. The number of benzene rings is 1. The number of nitriles is 1. The molecule has 4 heterocycles. The van der Waals surface area contributed by atoms with E-state index in [-0.39, 0.29) is 6.04 Å². The number of alkyl halides is 1. The lowest BCUT2D eigenvalue weighted by Crippen LogP contribution is -2.36. The number of piperidine rings is 1. The summed E-state index contributed by atoms with van der Waals surface area (Å²) in [6.07, 6.45) is 7.18. The number of nitrogens with zero attached hydrogens (tertiary/aromatic N) is 6. The number of fused-ring (bicyclic) bond motifs is 1. The number of nitrogens with one attached hydrogen (secondary N) is 2. The van der Waals surface area contributed by atoms with Crippen molar-refractivity contribution in [2.45, 2.75) is 38.5 Å². The Kier molecular flexibility index (Phi) is 6.78. The summed E-state index contributed by atoms with van der Waals surface area (Å²) in [6, 6.07) is 14.4. The van der Waals surface area contributed by atoms with Gasteiger partial charge >= 0.3 is 0 Å². The summed E-state index contributed by atoms with van der Waals surface area (Å²) in [5, 5.41) is 16.7. The third-order valence-electron chi connectivity index (χ3n) is 6.73. The molecule has 0 amide bonds. The van der Waals surface area contributed by atoms with Crippen LogP contribution in [0.25, 0.3) is 17.0 Å². The van der Waals surface area contributed by atoms with E-state index < -0.39 is 6.67 Å². The predicted octanol–water partition coefficient (Wildman–Crippen LogP) is 4.81. The molecular formula is C27H29FN8. The molecule has 1 aliphatic rings. The second kappa shape index (κ2) is 10.3. The quantitative estimate of drug-likeness (QED) is 0.389. The summed E-state index contributed by atoms with van der Waals surface area (Å²) < 4.78 is 15.2. The fraction of sp³-hybridized carbons (Fsp3) is 0.333. The van der Waals surface area contributed by atoms with Gasteiger partial charge in [0.05, 0.1) is 29.7 Å².